The van der Waals surface area contributed by atoms with Crippen LogP contribution in [-0.4, -0.2) is 39.3 Å². The highest BCUT2D eigenvalue weighted by atomic mass is 32.1. The first-order valence-electron chi connectivity index (χ1n) is 11.8. The normalized spacial score (nSPS) is 15.7. The largest absolute Gasteiger partial charge is 0.497 e. The third kappa shape index (κ3) is 5.04. The van der Waals surface area contributed by atoms with E-state index in [0.717, 1.165) is 57.2 Å². The van der Waals surface area contributed by atoms with Crippen molar-refractivity contribution < 1.29 is 23.7 Å². The highest BCUT2D eigenvalue weighted by Crippen LogP contribution is 2.41. The van der Waals surface area contributed by atoms with Crippen LogP contribution in [-0.2, 0) is 4.74 Å². The lowest BCUT2D eigenvalue weighted by Gasteiger charge is -2.22. The second kappa shape index (κ2) is 10.5. The van der Waals surface area contributed by atoms with Crippen molar-refractivity contribution in [3.63, 3.8) is 0 Å². The maximum Gasteiger partial charge on any atom is 0.195 e. The zero-order chi connectivity index (χ0) is 24.2. The SMILES string of the molecule is COc1ccc(-c2sc3cc(OC)ccc3c2C(=O)c2ccc(OCC3CCCCO3)cc2)cc1. The van der Waals surface area contributed by atoms with E-state index in [2.05, 4.69) is 0 Å². The Bertz CT molecular complexity index is 1300. The minimum Gasteiger partial charge on any atom is -0.497 e. The molecule has 3 aromatic carbocycles. The molecule has 5 nitrogen and oxygen atoms in total. The molecule has 1 aliphatic heterocycles. The van der Waals surface area contributed by atoms with Gasteiger partial charge in [0.15, 0.2) is 5.78 Å². The van der Waals surface area contributed by atoms with E-state index in [1.54, 1.807) is 25.6 Å². The molecule has 1 aromatic heterocycles. The van der Waals surface area contributed by atoms with Crippen LogP contribution in [0.3, 0.4) is 0 Å². The van der Waals surface area contributed by atoms with E-state index >= 15 is 0 Å². The molecule has 35 heavy (non-hydrogen) atoms. The lowest BCUT2D eigenvalue weighted by Crippen LogP contribution is -2.25. The summed E-state index contributed by atoms with van der Waals surface area (Å²) >= 11 is 1.59. The molecular weight excluding hydrogens is 460 g/mol. The molecule has 2 heterocycles. The van der Waals surface area contributed by atoms with Crippen molar-refractivity contribution in [2.24, 2.45) is 0 Å². The number of methoxy groups -OCH3 is 2. The van der Waals surface area contributed by atoms with Crippen molar-refractivity contribution in [2.45, 2.75) is 25.4 Å². The molecule has 0 spiro atoms. The van der Waals surface area contributed by atoms with Crippen molar-refractivity contribution in [3.8, 4) is 27.7 Å². The molecule has 6 heteroatoms. The number of carbonyl (C=O) groups excluding carboxylic acids is 1. The van der Waals surface area contributed by atoms with Gasteiger partial charge in [0.1, 0.15) is 23.9 Å². The van der Waals surface area contributed by atoms with Gasteiger partial charge in [-0.25, -0.2) is 0 Å². The molecule has 0 saturated carbocycles. The Balaban J connectivity index is 1.45. The lowest BCUT2D eigenvalue weighted by atomic mass is 9.97. The predicted molar refractivity (Wildman–Crippen MR) is 139 cm³/mol. The molecule has 4 aromatic rings. The molecule has 1 unspecified atom stereocenters. The standard InChI is InChI=1S/C29H28O5S/c1-31-21-10-8-20(9-11-21)29-27(25-15-14-23(32-2)17-26(25)35-29)28(30)19-6-12-22(13-7-19)34-18-24-5-3-4-16-33-24/h6-15,17,24H,3-5,16,18H2,1-2H3. The van der Waals surface area contributed by atoms with Gasteiger partial charge in [0.05, 0.1) is 20.3 Å². The molecular formula is C29H28O5S. The zero-order valence-electron chi connectivity index (χ0n) is 19.9. The third-order valence-electron chi connectivity index (χ3n) is 6.30. The van der Waals surface area contributed by atoms with Gasteiger partial charge in [-0.2, -0.15) is 0 Å². The molecule has 1 aliphatic rings. The number of ether oxygens (including phenoxy) is 4. The van der Waals surface area contributed by atoms with Crippen LogP contribution in [0, 0.1) is 0 Å². The molecule has 0 bridgehead atoms. The second-order valence-corrected chi connectivity index (χ2v) is 9.60. The minimum absolute atomic E-state index is 0.0191. The van der Waals surface area contributed by atoms with Crippen LogP contribution in [0.2, 0.25) is 0 Å². The molecule has 5 rings (SSSR count). The first-order valence-corrected chi connectivity index (χ1v) is 12.6. The molecule has 180 valence electrons. The lowest BCUT2D eigenvalue weighted by molar-refractivity contribution is -0.0110. The van der Waals surface area contributed by atoms with Gasteiger partial charge in [0.2, 0.25) is 0 Å². The van der Waals surface area contributed by atoms with E-state index in [9.17, 15) is 4.79 Å². The monoisotopic (exact) mass is 488 g/mol. The van der Waals surface area contributed by atoms with E-state index < -0.39 is 0 Å². The van der Waals surface area contributed by atoms with Gasteiger partial charge in [-0.15, -0.1) is 11.3 Å². The third-order valence-corrected chi connectivity index (χ3v) is 7.50. The summed E-state index contributed by atoms with van der Waals surface area (Å²) in [7, 11) is 3.29. The number of hydrogen-bond donors (Lipinski definition) is 0. The Morgan fingerprint density at radius 1 is 0.914 bits per heavy atom. The number of rotatable bonds is 8. The van der Waals surface area contributed by atoms with E-state index in [-0.39, 0.29) is 11.9 Å². The Kier molecular flexibility index (Phi) is 7.02. The van der Waals surface area contributed by atoms with Crippen LogP contribution in [0.25, 0.3) is 20.5 Å². The quantitative estimate of drug-likeness (QED) is 0.256. The number of hydrogen-bond acceptors (Lipinski definition) is 6. The van der Waals surface area contributed by atoms with Gasteiger partial charge < -0.3 is 18.9 Å². The average molecular weight is 489 g/mol. The van der Waals surface area contributed by atoms with Crippen LogP contribution in [0.5, 0.6) is 17.2 Å². The van der Waals surface area contributed by atoms with Crippen molar-refractivity contribution in [2.75, 3.05) is 27.4 Å². The summed E-state index contributed by atoms with van der Waals surface area (Å²) in [6.45, 7) is 1.34. The van der Waals surface area contributed by atoms with Gasteiger partial charge in [-0.1, -0.05) is 0 Å². The van der Waals surface area contributed by atoms with Gasteiger partial charge in [0.25, 0.3) is 0 Å². The molecule has 0 aliphatic carbocycles. The van der Waals surface area contributed by atoms with Gasteiger partial charge in [-0.05, 0) is 91.6 Å². The Morgan fingerprint density at radius 2 is 1.63 bits per heavy atom. The fourth-order valence-electron chi connectivity index (χ4n) is 4.35. The smallest absolute Gasteiger partial charge is 0.195 e. The number of thiophene rings is 1. The summed E-state index contributed by atoms with van der Waals surface area (Å²) in [5.41, 5.74) is 2.29. The second-order valence-electron chi connectivity index (χ2n) is 8.55. The number of carbonyl (C=O) groups is 1. The number of fused-ring (bicyclic) bond motifs is 1. The van der Waals surface area contributed by atoms with Crippen molar-refractivity contribution >= 4 is 27.2 Å². The fourth-order valence-corrected chi connectivity index (χ4v) is 5.58. The fraction of sp³-hybridized carbons (Fsp3) is 0.276. The summed E-state index contributed by atoms with van der Waals surface area (Å²) in [6, 6.07) is 21.0. The zero-order valence-corrected chi connectivity index (χ0v) is 20.7. The van der Waals surface area contributed by atoms with Crippen LogP contribution < -0.4 is 14.2 Å². The van der Waals surface area contributed by atoms with Gasteiger partial charge >= 0.3 is 0 Å². The molecule has 0 amide bonds. The maximum atomic E-state index is 13.8. The minimum atomic E-state index is -0.0191. The molecule has 0 radical (unpaired) electrons. The Morgan fingerprint density at radius 3 is 2.31 bits per heavy atom. The van der Waals surface area contributed by atoms with Gasteiger partial charge in [0, 0.05) is 32.7 Å². The molecule has 0 N–H and O–H groups in total. The van der Waals surface area contributed by atoms with E-state index in [4.69, 9.17) is 18.9 Å². The maximum absolute atomic E-state index is 13.8. The van der Waals surface area contributed by atoms with Gasteiger partial charge in [-0.3, -0.25) is 4.79 Å². The molecule has 1 fully saturated rings. The molecule has 1 atom stereocenters. The first-order chi connectivity index (χ1) is 17.2. The Hall–Kier alpha value is -3.35. The van der Waals surface area contributed by atoms with Crippen molar-refractivity contribution in [3.05, 3.63) is 77.9 Å². The highest BCUT2D eigenvalue weighted by molar-refractivity contribution is 7.22. The summed E-state index contributed by atoms with van der Waals surface area (Å²) in [5.74, 6) is 2.27. The summed E-state index contributed by atoms with van der Waals surface area (Å²) < 4.78 is 23.4. The van der Waals surface area contributed by atoms with Crippen LogP contribution in [0.1, 0.15) is 35.2 Å². The Labute approximate surface area is 209 Å². The van der Waals surface area contributed by atoms with E-state index in [1.807, 2.05) is 66.7 Å². The predicted octanol–water partition coefficient (Wildman–Crippen LogP) is 6.76. The average Bonchev–Trinajstić information content (AvgIpc) is 3.31. The van der Waals surface area contributed by atoms with E-state index in [0.29, 0.717) is 17.7 Å². The summed E-state index contributed by atoms with van der Waals surface area (Å²) in [6.07, 6.45) is 3.47. The van der Waals surface area contributed by atoms with Crippen LogP contribution in [0.15, 0.2) is 66.7 Å². The summed E-state index contributed by atoms with van der Waals surface area (Å²) in [5, 5.41) is 0.918. The number of ketones is 1. The van der Waals surface area contributed by atoms with Crippen LogP contribution in [0.4, 0.5) is 0 Å². The highest BCUT2D eigenvalue weighted by Gasteiger charge is 2.22. The van der Waals surface area contributed by atoms with Crippen LogP contribution >= 0.6 is 11.3 Å². The van der Waals surface area contributed by atoms with Crippen molar-refractivity contribution in [1.82, 2.24) is 0 Å². The first kappa shape index (κ1) is 23.4. The topological polar surface area (TPSA) is 54.0 Å². The summed E-state index contributed by atoms with van der Waals surface area (Å²) in [4.78, 5) is 14.7. The van der Waals surface area contributed by atoms with E-state index in [1.165, 1.54) is 6.42 Å². The number of benzene rings is 3. The van der Waals surface area contributed by atoms with Crippen molar-refractivity contribution in [1.29, 1.82) is 0 Å². The molecule has 1 saturated heterocycles.